The van der Waals surface area contributed by atoms with Gasteiger partial charge in [-0.1, -0.05) is 18.7 Å². The van der Waals surface area contributed by atoms with Crippen LogP contribution in [0.25, 0.3) is 0 Å². The van der Waals surface area contributed by atoms with E-state index in [0.29, 0.717) is 11.6 Å². The molecule has 0 aliphatic carbocycles. The van der Waals surface area contributed by atoms with Crippen LogP contribution in [0.4, 0.5) is 0 Å². The van der Waals surface area contributed by atoms with E-state index >= 15 is 0 Å². The Balaban J connectivity index is 2.56. The summed E-state index contributed by atoms with van der Waals surface area (Å²) in [7, 11) is 1.65. The number of nitrogens with zero attached hydrogens (tertiary/aromatic N) is 2. The Bertz CT molecular complexity index is 343. The van der Waals surface area contributed by atoms with Crippen LogP contribution in [0.5, 0.6) is 0 Å². The van der Waals surface area contributed by atoms with E-state index in [1.165, 1.54) is 18.1 Å². The van der Waals surface area contributed by atoms with Crippen molar-refractivity contribution in [1.82, 2.24) is 20.5 Å². The predicted molar refractivity (Wildman–Crippen MR) is 61.4 cm³/mol. The van der Waals surface area contributed by atoms with Gasteiger partial charge in [0.2, 0.25) is 0 Å². The fraction of sp³-hybridized carbons (Fsp3) is 0.667. The minimum Gasteiger partial charge on any atom is -0.480 e. The zero-order chi connectivity index (χ0) is 12.2. The lowest BCUT2D eigenvalue weighted by Crippen LogP contribution is -2.49. The molecule has 1 heterocycles. The van der Waals surface area contributed by atoms with Gasteiger partial charge in [0.25, 0.3) is 0 Å². The molecule has 3 N–H and O–H groups in total. The van der Waals surface area contributed by atoms with Crippen LogP contribution in [0.2, 0.25) is 0 Å². The van der Waals surface area contributed by atoms with Crippen LogP contribution in [0.1, 0.15) is 20.3 Å². The van der Waals surface area contributed by atoms with Gasteiger partial charge in [-0.3, -0.25) is 9.89 Å². The summed E-state index contributed by atoms with van der Waals surface area (Å²) < 4.78 is 0. The smallest absolute Gasteiger partial charge is 0.323 e. The van der Waals surface area contributed by atoms with Gasteiger partial charge in [0.05, 0.1) is 0 Å². The normalized spacial score (nSPS) is 16.7. The Labute approximate surface area is 98.2 Å². The van der Waals surface area contributed by atoms with Crippen molar-refractivity contribution in [3.63, 3.8) is 0 Å². The highest BCUT2D eigenvalue weighted by molar-refractivity contribution is 7.99. The number of H-pyrrole nitrogens is 1. The number of carbonyl (C=O) groups is 1. The molecule has 90 valence electrons. The number of nitrogens with one attached hydrogen (secondary N) is 2. The highest BCUT2D eigenvalue weighted by Gasteiger charge is 2.33. The first-order chi connectivity index (χ1) is 7.48. The largest absolute Gasteiger partial charge is 0.480 e. The van der Waals surface area contributed by atoms with E-state index in [4.69, 9.17) is 5.11 Å². The number of thioether (sulfide) groups is 1. The second kappa shape index (κ2) is 5.31. The van der Waals surface area contributed by atoms with E-state index in [1.54, 1.807) is 14.0 Å². The molecule has 2 unspecified atom stereocenters. The molecule has 0 saturated heterocycles. The van der Waals surface area contributed by atoms with E-state index in [-0.39, 0.29) is 5.25 Å². The molecule has 1 aromatic rings. The van der Waals surface area contributed by atoms with E-state index in [1.807, 2.05) is 6.92 Å². The second-order valence-corrected chi connectivity index (χ2v) is 5.24. The molecular formula is C9H16N4O2S. The first-order valence-corrected chi connectivity index (χ1v) is 5.80. The van der Waals surface area contributed by atoms with Gasteiger partial charge in [-0.15, -0.1) is 0 Å². The van der Waals surface area contributed by atoms with E-state index in [0.717, 1.165) is 0 Å². The van der Waals surface area contributed by atoms with Crippen molar-refractivity contribution >= 4 is 17.7 Å². The van der Waals surface area contributed by atoms with Gasteiger partial charge in [-0.25, -0.2) is 4.98 Å². The molecule has 0 aromatic carbocycles. The molecule has 0 aliphatic rings. The van der Waals surface area contributed by atoms with Crippen LogP contribution in [-0.2, 0) is 4.79 Å². The molecule has 0 aliphatic heterocycles. The molecule has 16 heavy (non-hydrogen) atoms. The maximum absolute atomic E-state index is 11.1. The monoisotopic (exact) mass is 244 g/mol. The predicted octanol–water partition coefficient (Wildman–Crippen LogP) is 0.738. The minimum absolute atomic E-state index is 0.126. The minimum atomic E-state index is -0.910. The average Bonchev–Trinajstić information content (AvgIpc) is 2.69. The van der Waals surface area contributed by atoms with Crippen LogP contribution in [0.3, 0.4) is 0 Å². The van der Waals surface area contributed by atoms with Gasteiger partial charge in [0.15, 0.2) is 5.16 Å². The highest BCUT2D eigenvalue weighted by atomic mass is 32.2. The molecule has 1 rings (SSSR count). The fourth-order valence-electron chi connectivity index (χ4n) is 1.35. The van der Waals surface area contributed by atoms with Crippen molar-refractivity contribution in [3.8, 4) is 0 Å². The molecule has 0 fully saturated rings. The molecule has 7 heteroatoms. The lowest BCUT2D eigenvalue weighted by molar-refractivity contribution is -0.144. The third-order valence-electron chi connectivity index (χ3n) is 2.43. The maximum atomic E-state index is 11.1. The van der Waals surface area contributed by atoms with Gasteiger partial charge in [-0.2, -0.15) is 5.10 Å². The number of hydrogen-bond acceptors (Lipinski definition) is 5. The molecule has 0 spiro atoms. The van der Waals surface area contributed by atoms with Crippen molar-refractivity contribution in [2.24, 2.45) is 0 Å². The Morgan fingerprint density at radius 2 is 2.50 bits per heavy atom. The van der Waals surface area contributed by atoms with E-state index in [9.17, 15) is 4.79 Å². The summed E-state index contributed by atoms with van der Waals surface area (Å²) in [5.74, 6) is -0.847. The number of aromatic nitrogens is 3. The third kappa shape index (κ3) is 3.21. The molecule has 6 nitrogen and oxygen atoms in total. The van der Waals surface area contributed by atoms with Crippen LogP contribution < -0.4 is 5.32 Å². The van der Waals surface area contributed by atoms with E-state index in [2.05, 4.69) is 20.5 Å². The summed E-state index contributed by atoms with van der Waals surface area (Å²) in [4.78, 5) is 15.1. The van der Waals surface area contributed by atoms with Crippen molar-refractivity contribution in [2.75, 3.05) is 7.05 Å². The van der Waals surface area contributed by atoms with Crippen LogP contribution >= 0.6 is 11.8 Å². The van der Waals surface area contributed by atoms with Crippen molar-refractivity contribution in [1.29, 1.82) is 0 Å². The molecule has 0 saturated carbocycles. The Hall–Kier alpha value is -1.08. The number of rotatable bonds is 6. The highest BCUT2D eigenvalue weighted by Crippen LogP contribution is 2.25. The average molecular weight is 244 g/mol. The maximum Gasteiger partial charge on any atom is 0.323 e. The van der Waals surface area contributed by atoms with Gasteiger partial charge in [0.1, 0.15) is 11.9 Å². The van der Waals surface area contributed by atoms with Crippen LogP contribution in [0, 0.1) is 0 Å². The summed E-state index contributed by atoms with van der Waals surface area (Å²) >= 11 is 1.48. The van der Waals surface area contributed by atoms with Gasteiger partial charge in [0, 0.05) is 5.25 Å². The summed E-state index contributed by atoms with van der Waals surface area (Å²) in [6.45, 7) is 3.64. The number of aromatic amines is 1. The third-order valence-corrected chi connectivity index (χ3v) is 3.41. The summed E-state index contributed by atoms with van der Waals surface area (Å²) in [6.07, 6.45) is 1.94. The molecular weight excluding hydrogens is 228 g/mol. The number of likely N-dealkylation sites (N-methyl/N-ethyl adjacent to an activating group) is 1. The van der Waals surface area contributed by atoms with Gasteiger partial charge < -0.3 is 10.4 Å². The summed E-state index contributed by atoms with van der Waals surface area (Å²) in [6, 6.07) is 0. The standard InChI is InChI=1S/C9H16N4O2S/c1-6(16-8-11-5-12-13-8)4-9(2,10-3)7(14)15/h5-6,10H,4H2,1-3H3,(H,14,15)(H,11,12,13). The Kier molecular flexibility index (Phi) is 4.31. The lowest BCUT2D eigenvalue weighted by atomic mass is 9.97. The molecule has 2 atom stereocenters. The molecule has 0 radical (unpaired) electrons. The quantitative estimate of drug-likeness (QED) is 0.639. The molecule has 1 aromatic heterocycles. The number of carboxylic acids is 1. The molecule has 0 amide bonds. The fourth-order valence-corrected chi connectivity index (χ4v) is 2.37. The first kappa shape index (κ1) is 13.0. The number of hydrogen-bond donors (Lipinski definition) is 3. The van der Waals surface area contributed by atoms with Crippen LogP contribution in [-0.4, -0.2) is 44.1 Å². The Morgan fingerprint density at radius 3 is 2.94 bits per heavy atom. The molecule has 0 bridgehead atoms. The van der Waals surface area contributed by atoms with Gasteiger partial charge in [-0.05, 0) is 20.4 Å². The zero-order valence-corrected chi connectivity index (χ0v) is 10.3. The summed E-state index contributed by atoms with van der Waals surface area (Å²) in [5.41, 5.74) is -0.910. The Morgan fingerprint density at radius 1 is 1.81 bits per heavy atom. The lowest BCUT2D eigenvalue weighted by Gasteiger charge is -2.26. The summed E-state index contributed by atoms with van der Waals surface area (Å²) in [5, 5.41) is 19.2. The van der Waals surface area contributed by atoms with Crippen molar-refractivity contribution in [3.05, 3.63) is 6.33 Å². The van der Waals surface area contributed by atoms with E-state index < -0.39 is 11.5 Å². The van der Waals surface area contributed by atoms with Crippen LogP contribution in [0.15, 0.2) is 11.5 Å². The first-order valence-electron chi connectivity index (χ1n) is 4.92. The number of aliphatic carboxylic acids is 1. The zero-order valence-electron chi connectivity index (χ0n) is 9.52. The topological polar surface area (TPSA) is 90.9 Å². The second-order valence-electron chi connectivity index (χ2n) is 3.81. The SMILES string of the molecule is CNC(C)(CC(C)Sc1ncn[nH]1)C(=O)O. The van der Waals surface area contributed by atoms with Gasteiger partial charge >= 0.3 is 5.97 Å². The van der Waals surface area contributed by atoms with Crippen molar-refractivity contribution in [2.45, 2.75) is 36.2 Å². The van der Waals surface area contributed by atoms with Crippen molar-refractivity contribution < 1.29 is 9.90 Å². The number of carboxylic acid groups (broad SMARTS) is 1.